The third-order valence-corrected chi connectivity index (χ3v) is 7.43. The molecular formula is C16H28ClN5O3S. The maximum absolute atomic E-state index is 12.7. The number of nitrogens with zero attached hydrogens (tertiary/aromatic N) is 3. The summed E-state index contributed by atoms with van der Waals surface area (Å²) in [6, 6.07) is -0.672. The number of sulfonamides is 1. The van der Waals surface area contributed by atoms with Crippen molar-refractivity contribution in [1.82, 2.24) is 19.4 Å². The molecule has 3 rings (SSSR count). The number of fused-ring (bicyclic) bond motifs is 1. The Kier molecular flexibility index (Phi) is 6.06. The van der Waals surface area contributed by atoms with Crippen LogP contribution in [-0.4, -0.2) is 54.2 Å². The van der Waals surface area contributed by atoms with Crippen LogP contribution in [0.2, 0.25) is 0 Å². The van der Waals surface area contributed by atoms with Crippen LogP contribution in [0.15, 0.2) is 4.90 Å². The lowest BCUT2D eigenvalue weighted by atomic mass is 9.98. The highest BCUT2D eigenvalue weighted by atomic mass is 35.5. The Labute approximate surface area is 160 Å². The molecule has 0 aromatic carbocycles. The van der Waals surface area contributed by atoms with Crippen molar-refractivity contribution in [2.75, 3.05) is 13.1 Å². The molecule has 3 N–H and O–H groups in total. The fourth-order valence-corrected chi connectivity index (χ4v) is 5.88. The van der Waals surface area contributed by atoms with Gasteiger partial charge in [-0.3, -0.25) is 9.48 Å². The average molecular weight is 406 g/mol. The molecule has 10 heteroatoms. The van der Waals surface area contributed by atoms with Crippen LogP contribution in [0, 0.1) is 25.7 Å². The van der Waals surface area contributed by atoms with Gasteiger partial charge in [0.15, 0.2) is 0 Å². The Bertz CT molecular complexity index is 794. The summed E-state index contributed by atoms with van der Waals surface area (Å²) in [4.78, 5) is 14.6. The van der Waals surface area contributed by atoms with Crippen LogP contribution in [0.4, 0.5) is 0 Å². The Morgan fingerprint density at radius 3 is 2.50 bits per heavy atom. The number of nitrogens with two attached hydrogens (primary N) is 1. The zero-order valence-corrected chi connectivity index (χ0v) is 17.2. The summed E-state index contributed by atoms with van der Waals surface area (Å²) in [5.41, 5.74) is 7.09. The van der Waals surface area contributed by atoms with Gasteiger partial charge in [-0.05, 0) is 45.4 Å². The second-order valence-corrected chi connectivity index (χ2v) is 9.03. The summed E-state index contributed by atoms with van der Waals surface area (Å²) < 4.78 is 29.5. The summed E-state index contributed by atoms with van der Waals surface area (Å²) in [6.07, 6.45) is 2.06. The Morgan fingerprint density at radius 2 is 1.96 bits per heavy atom. The van der Waals surface area contributed by atoms with Gasteiger partial charge in [-0.25, -0.2) is 8.42 Å². The highest BCUT2D eigenvalue weighted by Gasteiger charge is 2.43. The molecule has 1 aliphatic heterocycles. The molecule has 1 amide bonds. The Hall–Kier alpha value is -1.16. The fraction of sp³-hybridized carbons (Fsp3) is 0.750. The normalized spacial score (nSPS) is 26.5. The first-order valence-corrected chi connectivity index (χ1v) is 10.2. The van der Waals surface area contributed by atoms with Crippen molar-refractivity contribution in [2.45, 2.75) is 50.6 Å². The lowest BCUT2D eigenvalue weighted by molar-refractivity contribution is -0.131. The molecule has 4 atom stereocenters. The molecule has 4 unspecified atom stereocenters. The van der Waals surface area contributed by atoms with Gasteiger partial charge < -0.3 is 10.6 Å². The number of halogens is 1. The SMILES string of the molecule is Cc1nn(C)c(C)c1S(=O)(=O)NC(C)C(=O)N1CC2CCC(N)C2C1.Cl. The number of nitrogens with one attached hydrogen (secondary N) is 1. The molecule has 26 heavy (non-hydrogen) atoms. The van der Waals surface area contributed by atoms with Gasteiger partial charge >= 0.3 is 0 Å². The lowest BCUT2D eigenvalue weighted by Crippen LogP contribution is -2.47. The molecule has 1 saturated heterocycles. The predicted molar refractivity (Wildman–Crippen MR) is 100 cm³/mol. The van der Waals surface area contributed by atoms with Crippen molar-refractivity contribution in [2.24, 2.45) is 24.6 Å². The molecule has 2 heterocycles. The van der Waals surface area contributed by atoms with Gasteiger partial charge in [-0.1, -0.05) is 0 Å². The summed E-state index contributed by atoms with van der Waals surface area (Å²) in [7, 11) is -2.11. The average Bonchev–Trinajstić information content (AvgIpc) is 3.14. The fourth-order valence-electron chi connectivity index (χ4n) is 4.25. The number of likely N-dealkylation sites (tertiary alicyclic amines) is 1. The van der Waals surface area contributed by atoms with Crippen molar-refractivity contribution in [1.29, 1.82) is 0 Å². The molecule has 1 aromatic heterocycles. The number of hydrogen-bond donors (Lipinski definition) is 2. The number of amides is 1. The smallest absolute Gasteiger partial charge is 0.244 e. The standard InChI is InChI=1S/C16H27N5O3S.ClH/c1-9-15(11(3)20(4)18-9)25(23,24)19-10(2)16(22)21-7-12-5-6-14(17)13(12)8-21;/h10,12-14,19H,5-8,17H2,1-4H3;1H. The van der Waals surface area contributed by atoms with Crippen LogP contribution in [0.1, 0.15) is 31.2 Å². The Balaban J connectivity index is 0.00000243. The van der Waals surface area contributed by atoms with Crippen molar-refractivity contribution >= 4 is 28.3 Å². The first-order chi connectivity index (χ1) is 11.6. The van der Waals surface area contributed by atoms with Gasteiger partial charge in [-0.15, -0.1) is 12.4 Å². The minimum Gasteiger partial charge on any atom is -0.341 e. The third kappa shape index (κ3) is 3.62. The summed E-state index contributed by atoms with van der Waals surface area (Å²) in [5.74, 6) is 0.602. The molecule has 0 radical (unpaired) electrons. The van der Waals surface area contributed by atoms with E-state index in [1.807, 2.05) is 0 Å². The molecular weight excluding hydrogens is 378 g/mol. The summed E-state index contributed by atoms with van der Waals surface area (Å²) in [5, 5.41) is 4.14. The van der Waals surface area contributed by atoms with Gasteiger partial charge in [0.05, 0.1) is 17.4 Å². The largest absolute Gasteiger partial charge is 0.341 e. The molecule has 2 aliphatic rings. The highest BCUT2D eigenvalue weighted by Crippen LogP contribution is 2.37. The van der Waals surface area contributed by atoms with E-state index in [9.17, 15) is 13.2 Å². The molecule has 1 saturated carbocycles. The number of aromatic nitrogens is 2. The number of rotatable bonds is 4. The molecule has 2 fully saturated rings. The van der Waals surface area contributed by atoms with Gasteiger partial charge in [-0.2, -0.15) is 9.82 Å². The molecule has 148 valence electrons. The van der Waals surface area contributed by atoms with Gasteiger partial charge in [0, 0.05) is 26.2 Å². The van der Waals surface area contributed by atoms with E-state index in [1.54, 1.807) is 32.7 Å². The number of aryl methyl sites for hydroxylation is 2. The predicted octanol–water partition coefficient (Wildman–Crippen LogP) is 0.321. The maximum atomic E-state index is 12.7. The quantitative estimate of drug-likeness (QED) is 0.749. The van der Waals surface area contributed by atoms with Crippen molar-refractivity contribution < 1.29 is 13.2 Å². The highest BCUT2D eigenvalue weighted by molar-refractivity contribution is 7.89. The zero-order chi connectivity index (χ0) is 18.5. The maximum Gasteiger partial charge on any atom is 0.244 e. The topological polar surface area (TPSA) is 110 Å². The van der Waals surface area contributed by atoms with E-state index in [4.69, 9.17) is 5.73 Å². The van der Waals surface area contributed by atoms with E-state index in [1.165, 1.54) is 4.68 Å². The number of carbonyl (C=O) groups excluding carboxylic acids is 1. The summed E-state index contributed by atoms with van der Waals surface area (Å²) >= 11 is 0. The lowest BCUT2D eigenvalue weighted by Gasteiger charge is -2.23. The van der Waals surface area contributed by atoms with Crippen molar-refractivity contribution in [3.8, 4) is 0 Å². The first-order valence-electron chi connectivity index (χ1n) is 8.68. The Morgan fingerprint density at radius 1 is 1.31 bits per heavy atom. The second-order valence-electron chi connectivity index (χ2n) is 7.37. The van der Waals surface area contributed by atoms with E-state index in [0.29, 0.717) is 36.3 Å². The molecule has 0 bridgehead atoms. The monoisotopic (exact) mass is 405 g/mol. The van der Waals surface area contributed by atoms with Crippen molar-refractivity contribution in [3.05, 3.63) is 11.4 Å². The van der Waals surface area contributed by atoms with Gasteiger partial charge in [0.25, 0.3) is 0 Å². The third-order valence-electron chi connectivity index (χ3n) is 5.64. The molecule has 8 nitrogen and oxygen atoms in total. The van der Waals surface area contributed by atoms with Gasteiger partial charge in [0.2, 0.25) is 15.9 Å². The minimum absolute atomic E-state index is 0. The number of hydrogen-bond acceptors (Lipinski definition) is 5. The van der Waals surface area contributed by atoms with Crippen LogP contribution in [0.25, 0.3) is 0 Å². The first kappa shape index (κ1) is 21.1. The summed E-state index contributed by atoms with van der Waals surface area (Å²) in [6.45, 7) is 6.24. The van der Waals surface area contributed by atoms with Crippen LogP contribution in [-0.2, 0) is 21.9 Å². The van der Waals surface area contributed by atoms with Crippen LogP contribution < -0.4 is 10.5 Å². The van der Waals surface area contributed by atoms with Crippen LogP contribution in [0.5, 0.6) is 0 Å². The van der Waals surface area contributed by atoms with Crippen molar-refractivity contribution in [3.63, 3.8) is 0 Å². The van der Waals surface area contributed by atoms with Crippen LogP contribution >= 0.6 is 12.4 Å². The second kappa shape index (κ2) is 7.46. The van der Waals surface area contributed by atoms with E-state index in [0.717, 1.165) is 12.8 Å². The molecule has 0 spiro atoms. The minimum atomic E-state index is -3.81. The van der Waals surface area contributed by atoms with Gasteiger partial charge in [0.1, 0.15) is 4.90 Å². The molecule has 1 aromatic rings. The van der Waals surface area contributed by atoms with E-state index in [-0.39, 0.29) is 29.3 Å². The van der Waals surface area contributed by atoms with E-state index < -0.39 is 16.1 Å². The molecule has 1 aliphatic carbocycles. The van der Waals surface area contributed by atoms with E-state index >= 15 is 0 Å². The van der Waals surface area contributed by atoms with E-state index in [2.05, 4.69) is 9.82 Å². The number of carbonyl (C=O) groups is 1. The van der Waals surface area contributed by atoms with Crippen LogP contribution in [0.3, 0.4) is 0 Å². The zero-order valence-electron chi connectivity index (χ0n) is 15.6.